The van der Waals surface area contributed by atoms with Gasteiger partial charge in [-0.25, -0.2) is 4.98 Å². The number of rotatable bonds is 4. The van der Waals surface area contributed by atoms with Crippen molar-refractivity contribution in [3.63, 3.8) is 0 Å². The molecular formula is C22H23N5O. The first-order valence-electron chi connectivity index (χ1n) is 9.26. The molecule has 6 nitrogen and oxygen atoms in total. The fourth-order valence-corrected chi connectivity index (χ4v) is 3.59. The van der Waals surface area contributed by atoms with Gasteiger partial charge in [-0.05, 0) is 45.4 Å². The average molecular weight is 373 g/mol. The number of hydrogen-bond donors (Lipinski definition) is 1. The Labute approximate surface area is 164 Å². The molecule has 1 amide bonds. The molecule has 0 fully saturated rings. The topological polar surface area (TPSA) is 71.0 Å². The highest BCUT2D eigenvalue weighted by Gasteiger charge is 2.51. The van der Waals surface area contributed by atoms with Gasteiger partial charge in [0.2, 0.25) is 11.9 Å². The smallest absolute Gasteiger partial charge is 0.239 e. The molecule has 142 valence electrons. The first-order chi connectivity index (χ1) is 13.3. The average Bonchev–Trinajstić information content (AvgIpc) is 2.89. The summed E-state index contributed by atoms with van der Waals surface area (Å²) in [7, 11) is 0. The van der Waals surface area contributed by atoms with Crippen LogP contribution in [0.25, 0.3) is 0 Å². The molecule has 28 heavy (non-hydrogen) atoms. The standard InChI is InChI=1S/C22H23N5O/c1-21(2)17-14-24-20(25-16-11-8-12-23-13-16)26-18(17)27(19(21)28)22(3,4)15-9-6-5-7-10-15/h5-14H,1-4H3,(H,24,25,26). The van der Waals surface area contributed by atoms with E-state index in [1.807, 2.05) is 70.2 Å². The van der Waals surface area contributed by atoms with Crippen LogP contribution in [0.1, 0.15) is 38.8 Å². The zero-order valence-electron chi connectivity index (χ0n) is 16.5. The van der Waals surface area contributed by atoms with Gasteiger partial charge in [0, 0.05) is 18.0 Å². The van der Waals surface area contributed by atoms with Crippen LogP contribution in [0.3, 0.4) is 0 Å². The van der Waals surface area contributed by atoms with E-state index < -0.39 is 11.0 Å². The molecule has 1 aliphatic heterocycles. The van der Waals surface area contributed by atoms with Gasteiger partial charge in [-0.15, -0.1) is 0 Å². The summed E-state index contributed by atoms with van der Waals surface area (Å²) in [6.07, 6.45) is 5.16. The fourth-order valence-electron chi connectivity index (χ4n) is 3.59. The molecule has 0 radical (unpaired) electrons. The van der Waals surface area contributed by atoms with Gasteiger partial charge >= 0.3 is 0 Å². The van der Waals surface area contributed by atoms with Crippen molar-refractivity contribution in [2.75, 3.05) is 10.2 Å². The van der Waals surface area contributed by atoms with Gasteiger partial charge in [-0.3, -0.25) is 14.7 Å². The third-order valence-corrected chi connectivity index (χ3v) is 5.35. The van der Waals surface area contributed by atoms with E-state index >= 15 is 0 Å². The molecule has 0 spiro atoms. The van der Waals surface area contributed by atoms with Crippen LogP contribution in [0.5, 0.6) is 0 Å². The van der Waals surface area contributed by atoms with E-state index in [9.17, 15) is 4.79 Å². The van der Waals surface area contributed by atoms with Crippen molar-refractivity contribution in [2.45, 2.75) is 38.6 Å². The third kappa shape index (κ3) is 2.81. The Balaban J connectivity index is 1.80. The van der Waals surface area contributed by atoms with Gasteiger partial charge < -0.3 is 5.32 Å². The monoisotopic (exact) mass is 373 g/mol. The Morgan fingerprint density at radius 2 is 1.79 bits per heavy atom. The van der Waals surface area contributed by atoms with Crippen LogP contribution in [0, 0.1) is 0 Å². The van der Waals surface area contributed by atoms with E-state index in [-0.39, 0.29) is 5.91 Å². The molecule has 0 bridgehead atoms. The van der Waals surface area contributed by atoms with Gasteiger partial charge in [0.25, 0.3) is 0 Å². The number of hydrogen-bond acceptors (Lipinski definition) is 5. The minimum absolute atomic E-state index is 0.0178. The summed E-state index contributed by atoms with van der Waals surface area (Å²) in [5, 5.41) is 3.16. The predicted octanol–water partition coefficient (Wildman–Crippen LogP) is 4.17. The Kier molecular flexibility index (Phi) is 4.14. The number of amides is 1. The Morgan fingerprint density at radius 3 is 2.46 bits per heavy atom. The van der Waals surface area contributed by atoms with Crippen molar-refractivity contribution < 1.29 is 4.79 Å². The van der Waals surface area contributed by atoms with Crippen LogP contribution in [0.15, 0.2) is 61.1 Å². The summed E-state index contributed by atoms with van der Waals surface area (Å²) < 4.78 is 0. The number of nitrogens with one attached hydrogen (secondary N) is 1. The molecule has 3 heterocycles. The van der Waals surface area contributed by atoms with Crippen molar-refractivity contribution in [1.82, 2.24) is 15.0 Å². The number of nitrogens with zero attached hydrogens (tertiary/aromatic N) is 4. The molecule has 1 aromatic carbocycles. The molecule has 0 unspecified atom stereocenters. The fraction of sp³-hybridized carbons (Fsp3) is 0.273. The second-order valence-electron chi connectivity index (χ2n) is 7.99. The van der Waals surface area contributed by atoms with Crippen LogP contribution in [-0.4, -0.2) is 20.9 Å². The van der Waals surface area contributed by atoms with Crippen LogP contribution < -0.4 is 10.2 Å². The maximum atomic E-state index is 13.4. The van der Waals surface area contributed by atoms with Crippen molar-refractivity contribution >= 4 is 23.4 Å². The van der Waals surface area contributed by atoms with Crippen molar-refractivity contribution in [3.8, 4) is 0 Å². The maximum absolute atomic E-state index is 13.4. The first kappa shape index (κ1) is 18.1. The van der Waals surface area contributed by atoms with E-state index in [2.05, 4.69) is 15.3 Å². The predicted molar refractivity (Wildman–Crippen MR) is 110 cm³/mol. The quantitative estimate of drug-likeness (QED) is 0.743. The van der Waals surface area contributed by atoms with E-state index in [1.165, 1.54) is 0 Å². The summed E-state index contributed by atoms with van der Waals surface area (Å²) in [6.45, 7) is 7.93. The minimum atomic E-state index is -0.686. The number of carbonyl (C=O) groups is 1. The number of anilines is 3. The summed E-state index contributed by atoms with van der Waals surface area (Å²) in [5.41, 5.74) is 1.43. The molecule has 1 N–H and O–H groups in total. The largest absolute Gasteiger partial charge is 0.323 e. The lowest BCUT2D eigenvalue weighted by atomic mass is 9.87. The molecule has 2 aromatic heterocycles. The number of aromatic nitrogens is 3. The summed E-state index contributed by atoms with van der Waals surface area (Å²) in [4.78, 5) is 28.5. The highest BCUT2D eigenvalue weighted by atomic mass is 16.2. The second kappa shape index (κ2) is 6.41. The molecule has 0 aliphatic carbocycles. The molecule has 0 atom stereocenters. The van der Waals surface area contributed by atoms with Gasteiger partial charge in [0.15, 0.2) is 0 Å². The molecule has 3 aromatic rings. The highest BCUT2D eigenvalue weighted by Crippen LogP contribution is 2.46. The van der Waals surface area contributed by atoms with E-state index in [4.69, 9.17) is 4.98 Å². The SMILES string of the molecule is CC1(C)C(=O)N(C(C)(C)c2ccccc2)c2nc(Nc3cccnc3)ncc21. The summed E-state index contributed by atoms with van der Waals surface area (Å²) >= 11 is 0. The summed E-state index contributed by atoms with van der Waals surface area (Å²) in [6, 6.07) is 13.7. The molecule has 0 saturated heterocycles. The lowest BCUT2D eigenvalue weighted by Gasteiger charge is -2.36. The third-order valence-electron chi connectivity index (χ3n) is 5.35. The van der Waals surface area contributed by atoms with E-state index in [0.29, 0.717) is 11.8 Å². The van der Waals surface area contributed by atoms with Gasteiger partial charge in [0.05, 0.1) is 22.8 Å². The van der Waals surface area contributed by atoms with Crippen molar-refractivity contribution in [1.29, 1.82) is 0 Å². The van der Waals surface area contributed by atoms with Crippen LogP contribution in [0.2, 0.25) is 0 Å². The molecule has 1 aliphatic rings. The molecular weight excluding hydrogens is 350 g/mol. The Morgan fingerprint density at radius 1 is 1.04 bits per heavy atom. The zero-order valence-corrected chi connectivity index (χ0v) is 16.5. The summed E-state index contributed by atoms with van der Waals surface area (Å²) in [5.74, 6) is 1.10. The van der Waals surface area contributed by atoms with Gasteiger partial charge in [0.1, 0.15) is 5.82 Å². The zero-order chi connectivity index (χ0) is 19.9. The first-order valence-corrected chi connectivity index (χ1v) is 9.26. The van der Waals surface area contributed by atoms with Crippen LogP contribution in [-0.2, 0) is 15.7 Å². The second-order valence-corrected chi connectivity index (χ2v) is 7.99. The number of pyridine rings is 1. The van der Waals surface area contributed by atoms with Gasteiger partial charge in [-0.1, -0.05) is 30.3 Å². The van der Waals surface area contributed by atoms with E-state index in [0.717, 1.165) is 16.8 Å². The number of carbonyl (C=O) groups excluding carboxylic acids is 1. The van der Waals surface area contributed by atoms with Crippen LogP contribution in [0.4, 0.5) is 17.5 Å². The van der Waals surface area contributed by atoms with Crippen LogP contribution >= 0.6 is 0 Å². The Bertz CT molecular complexity index is 1020. The van der Waals surface area contributed by atoms with E-state index in [1.54, 1.807) is 23.5 Å². The highest BCUT2D eigenvalue weighted by molar-refractivity contribution is 6.07. The number of benzene rings is 1. The van der Waals surface area contributed by atoms with Crippen molar-refractivity contribution in [3.05, 3.63) is 72.2 Å². The van der Waals surface area contributed by atoms with Crippen molar-refractivity contribution in [2.24, 2.45) is 0 Å². The minimum Gasteiger partial charge on any atom is -0.323 e. The molecule has 0 saturated carbocycles. The normalized spacial score (nSPS) is 15.4. The molecule has 4 rings (SSSR count). The Hall–Kier alpha value is -3.28. The lowest BCUT2D eigenvalue weighted by molar-refractivity contribution is -0.123. The number of fused-ring (bicyclic) bond motifs is 1. The van der Waals surface area contributed by atoms with Gasteiger partial charge in [-0.2, -0.15) is 4.98 Å². The lowest BCUT2D eigenvalue weighted by Crippen LogP contribution is -2.47. The molecule has 6 heteroatoms. The maximum Gasteiger partial charge on any atom is 0.239 e.